The van der Waals surface area contributed by atoms with Crippen molar-refractivity contribution in [1.29, 1.82) is 0 Å². The van der Waals surface area contributed by atoms with Crippen LogP contribution in [0.5, 0.6) is 0 Å². The minimum absolute atomic E-state index is 0.0763. The number of carbonyl (C=O) groups is 1. The summed E-state index contributed by atoms with van der Waals surface area (Å²) in [4.78, 5) is 19.2. The number of fused-ring (bicyclic) bond motifs is 3. The third-order valence-corrected chi connectivity index (χ3v) is 7.48. The number of hydrogen-bond donors (Lipinski definition) is 2. The van der Waals surface area contributed by atoms with Crippen LogP contribution in [0.15, 0.2) is 40.9 Å². The van der Waals surface area contributed by atoms with Crippen LogP contribution >= 0.6 is 11.3 Å². The Kier molecular flexibility index (Phi) is 7.77. The molecule has 0 radical (unpaired) electrons. The number of hydrogen-bond acceptors (Lipinski definition) is 8. The van der Waals surface area contributed by atoms with Gasteiger partial charge in [-0.2, -0.15) is 0 Å². The molecule has 1 aromatic carbocycles. The molecule has 3 heterocycles. The number of thiophene rings is 1. The van der Waals surface area contributed by atoms with E-state index in [0.717, 1.165) is 50.8 Å². The number of aromatic nitrogens is 3. The molecular weight excluding hydrogens is 486 g/mol. The Hall–Kier alpha value is -3.14. The van der Waals surface area contributed by atoms with E-state index in [1.807, 2.05) is 39.2 Å². The fraction of sp³-hybridized carbons (Fsp3) is 0.429. The second-order valence-electron chi connectivity index (χ2n) is 10.5. The number of aliphatic imine (C=N–C) groups is 1. The maximum atomic E-state index is 12.9. The Bertz CT molecular complexity index is 1360. The lowest BCUT2D eigenvalue weighted by molar-refractivity contribution is -0.155. The summed E-state index contributed by atoms with van der Waals surface area (Å²) in [6.45, 7) is 14.2. The molecule has 1 atom stereocenters. The van der Waals surface area contributed by atoms with Crippen molar-refractivity contribution in [2.24, 2.45) is 4.99 Å². The first-order chi connectivity index (χ1) is 17.5. The summed E-state index contributed by atoms with van der Waals surface area (Å²) in [5, 5.41) is 18.7. The number of allylic oxidation sites excluding steroid dienone is 1. The van der Waals surface area contributed by atoms with Crippen LogP contribution in [0.4, 0.5) is 0 Å². The second kappa shape index (κ2) is 10.7. The lowest BCUT2D eigenvalue weighted by Gasteiger charge is -2.21. The van der Waals surface area contributed by atoms with Gasteiger partial charge in [-0.15, -0.1) is 21.5 Å². The Morgan fingerprint density at radius 3 is 2.54 bits per heavy atom. The van der Waals surface area contributed by atoms with E-state index in [4.69, 9.17) is 14.9 Å². The third-order valence-electron chi connectivity index (χ3n) is 6.29. The van der Waals surface area contributed by atoms with Crippen molar-refractivity contribution in [2.45, 2.75) is 73.0 Å². The monoisotopic (exact) mass is 521 g/mol. The van der Waals surface area contributed by atoms with E-state index in [2.05, 4.69) is 59.9 Å². The van der Waals surface area contributed by atoms with Gasteiger partial charge in [0.1, 0.15) is 22.5 Å². The molecule has 1 unspecified atom stereocenters. The summed E-state index contributed by atoms with van der Waals surface area (Å²) < 4.78 is 7.68. The topological polar surface area (TPSA) is 102 Å². The molecule has 0 bridgehead atoms. The molecule has 37 heavy (non-hydrogen) atoms. The van der Waals surface area contributed by atoms with Gasteiger partial charge in [0.25, 0.3) is 0 Å². The van der Waals surface area contributed by atoms with E-state index in [1.165, 1.54) is 4.88 Å². The van der Waals surface area contributed by atoms with Gasteiger partial charge in [-0.3, -0.25) is 14.4 Å². The lowest BCUT2D eigenvalue weighted by Crippen LogP contribution is -2.25. The van der Waals surface area contributed by atoms with Gasteiger partial charge in [0.05, 0.1) is 12.1 Å². The van der Waals surface area contributed by atoms with Gasteiger partial charge in [-0.1, -0.05) is 35.9 Å². The molecule has 1 aliphatic rings. The SMILES string of the molecule is C/C(=C\Cc1ccc(C2=NC(CC(=O)OC(C)(C)C)c3nnc(C)n3-c3sc(C)c(C)c32)cc1)CNO. The summed E-state index contributed by atoms with van der Waals surface area (Å²) in [5.41, 5.74) is 7.87. The molecule has 196 valence electrons. The zero-order valence-corrected chi connectivity index (χ0v) is 23.4. The number of nitrogens with zero attached hydrogens (tertiary/aromatic N) is 4. The van der Waals surface area contributed by atoms with Crippen LogP contribution in [-0.4, -0.2) is 43.8 Å². The number of ether oxygens (including phenoxy) is 1. The van der Waals surface area contributed by atoms with Gasteiger partial charge < -0.3 is 9.94 Å². The molecule has 8 nitrogen and oxygen atoms in total. The number of rotatable bonds is 7. The molecule has 0 fully saturated rings. The molecule has 0 saturated carbocycles. The highest BCUT2D eigenvalue weighted by Gasteiger charge is 2.33. The summed E-state index contributed by atoms with van der Waals surface area (Å²) in [6, 6.07) is 7.84. The Balaban J connectivity index is 1.79. The van der Waals surface area contributed by atoms with Gasteiger partial charge in [-0.25, -0.2) is 5.48 Å². The average molecular weight is 522 g/mol. The smallest absolute Gasteiger partial charge is 0.308 e. The molecular formula is C28H35N5O3S. The molecule has 2 aromatic heterocycles. The van der Waals surface area contributed by atoms with Crippen molar-refractivity contribution in [1.82, 2.24) is 20.2 Å². The van der Waals surface area contributed by atoms with Crippen LogP contribution in [0.3, 0.4) is 0 Å². The van der Waals surface area contributed by atoms with E-state index in [-0.39, 0.29) is 12.4 Å². The standard InChI is InChI=1S/C28H35N5O3S/c1-16(15-29-35)8-9-20-10-12-21(13-11-20)25-24-17(2)18(3)37-27(24)33-19(4)31-32-26(33)22(30-25)14-23(34)36-28(5,6)7/h8,10-13,22,29,35H,9,14-15H2,1-7H3/b16-8+. The Morgan fingerprint density at radius 1 is 1.19 bits per heavy atom. The van der Waals surface area contributed by atoms with E-state index < -0.39 is 11.6 Å². The Morgan fingerprint density at radius 2 is 1.89 bits per heavy atom. The minimum Gasteiger partial charge on any atom is -0.460 e. The van der Waals surface area contributed by atoms with E-state index in [0.29, 0.717) is 12.4 Å². The van der Waals surface area contributed by atoms with Crippen LogP contribution < -0.4 is 5.48 Å². The van der Waals surface area contributed by atoms with Crippen molar-refractivity contribution in [3.05, 3.63) is 74.7 Å². The first kappa shape index (κ1) is 26.9. The van der Waals surface area contributed by atoms with Gasteiger partial charge in [0.2, 0.25) is 0 Å². The van der Waals surface area contributed by atoms with Crippen LogP contribution in [0, 0.1) is 20.8 Å². The average Bonchev–Trinajstić information content (AvgIpc) is 3.29. The quantitative estimate of drug-likeness (QED) is 0.247. The molecule has 1 aliphatic heterocycles. The molecule has 3 aromatic rings. The fourth-order valence-electron chi connectivity index (χ4n) is 4.35. The molecule has 0 amide bonds. The highest BCUT2D eigenvalue weighted by molar-refractivity contribution is 7.15. The van der Waals surface area contributed by atoms with Crippen LogP contribution in [0.2, 0.25) is 0 Å². The zero-order valence-electron chi connectivity index (χ0n) is 22.5. The highest BCUT2D eigenvalue weighted by Crippen LogP contribution is 2.39. The fourth-order valence-corrected chi connectivity index (χ4v) is 5.57. The number of carbonyl (C=O) groups excluding carboxylic acids is 1. The maximum absolute atomic E-state index is 12.9. The summed E-state index contributed by atoms with van der Waals surface area (Å²) in [6.07, 6.45) is 2.94. The van der Waals surface area contributed by atoms with Crippen molar-refractivity contribution in [2.75, 3.05) is 6.54 Å². The van der Waals surface area contributed by atoms with Gasteiger partial charge in [-0.05, 0) is 66.0 Å². The predicted molar refractivity (Wildman–Crippen MR) is 146 cm³/mol. The van der Waals surface area contributed by atoms with Crippen molar-refractivity contribution in [3.63, 3.8) is 0 Å². The van der Waals surface area contributed by atoms with E-state index in [9.17, 15) is 4.79 Å². The van der Waals surface area contributed by atoms with E-state index in [1.54, 1.807) is 11.3 Å². The van der Waals surface area contributed by atoms with Crippen LogP contribution in [0.25, 0.3) is 5.00 Å². The molecule has 4 rings (SSSR count). The summed E-state index contributed by atoms with van der Waals surface area (Å²) in [7, 11) is 0. The first-order valence-electron chi connectivity index (χ1n) is 12.4. The number of aryl methyl sites for hydroxylation is 2. The molecule has 0 saturated heterocycles. The molecule has 9 heteroatoms. The largest absolute Gasteiger partial charge is 0.460 e. The van der Waals surface area contributed by atoms with Gasteiger partial charge >= 0.3 is 5.97 Å². The summed E-state index contributed by atoms with van der Waals surface area (Å²) in [5.74, 6) is 1.09. The van der Waals surface area contributed by atoms with E-state index >= 15 is 0 Å². The van der Waals surface area contributed by atoms with Crippen molar-refractivity contribution in [3.8, 4) is 5.00 Å². The number of benzene rings is 1. The van der Waals surface area contributed by atoms with Crippen LogP contribution in [-0.2, 0) is 16.0 Å². The molecule has 0 spiro atoms. The van der Waals surface area contributed by atoms with Gasteiger partial charge in [0.15, 0.2) is 5.82 Å². The lowest BCUT2D eigenvalue weighted by atomic mass is 9.98. The minimum atomic E-state index is -0.583. The number of nitrogens with one attached hydrogen (secondary N) is 1. The molecule has 2 N–H and O–H groups in total. The predicted octanol–water partition coefficient (Wildman–Crippen LogP) is 5.35. The second-order valence-corrected chi connectivity index (χ2v) is 11.7. The highest BCUT2D eigenvalue weighted by atomic mass is 32.1. The zero-order chi connectivity index (χ0) is 26.9. The first-order valence-corrected chi connectivity index (χ1v) is 13.2. The number of hydroxylamine groups is 1. The molecule has 0 aliphatic carbocycles. The number of esters is 1. The third kappa shape index (κ3) is 5.89. The summed E-state index contributed by atoms with van der Waals surface area (Å²) >= 11 is 1.69. The van der Waals surface area contributed by atoms with Crippen molar-refractivity contribution >= 4 is 23.0 Å². The Labute approximate surface area is 222 Å². The normalized spacial score (nSPS) is 15.6. The van der Waals surface area contributed by atoms with Crippen LogP contribution in [0.1, 0.15) is 78.9 Å². The van der Waals surface area contributed by atoms with Gasteiger partial charge in [0, 0.05) is 22.5 Å². The maximum Gasteiger partial charge on any atom is 0.308 e. The van der Waals surface area contributed by atoms with Crippen molar-refractivity contribution < 1.29 is 14.7 Å².